The molecule has 0 atom stereocenters. The zero-order valence-electron chi connectivity index (χ0n) is 12.5. The van der Waals surface area contributed by atoms with Crippen LogP contribution in [0.3, 0.4) is 0 Å². The van der Waals surface area contributed by atoms with Crippen LogP contribution in [0.5, 0.6) is 0 Å². The molecule has 0 aromatic carbocycles. The first kappa shape index (κ1) is 14.8. The molecule has 2 aliphatic rings. The molecule has 2 rings (SSSR count). The molecular weight excluding hydrogens is 238 g/mol. The molecule has 1 saturated heterocycles. The van der Waals surface area contributed by atoms with Gasteiger partial charge in [-0.3, -0.25) is 9.69 Å². The Morgan fingerprint density at radius 1 is 1.26 bits per heavy atom. The van der Waals surface area contributed by atoms with Crippen molar-refractivity contribution >= 4 is 5.91 Å². The third-order valence-electron chi connectivity index (χ3n) is 4.78. The van der Waals surface area contributed by atoms with E-state index in [1.54, 1.807) is 0 Å². The lowest BCUT2D eigenvalue weighted by molar-refractivity contribution is -0.132. The second-order valence-electron chi connectivity index (χ2n) is 6.49. The third kappa shape index (κ3) is 3.93. The van der Waals surface area contributed by atoms with Crippen molar-refractivity contribution in [1.82, 2.24) is 15.5 Å². The van der Waals surface area contributed by atoms with Gasteiger partial charge >= 0.3 is 0 Å². The van der Waals surface area contributed by atoms with Crippen LogP contribution in [0.4, 0.5) is 0 Å². The summed E-state index contributed by atoms with van der Waals surface area (Å²) in [5.41, 5.74) is -0.377. The van der Waals surface area contributed by atoms with E-state index in [-0.39, 0.29) is 11.4 Å². The molecule has 1 heterocycles. The minimum Gasteiger partial charge on any atom is -0.354 e. The summed E-state index contributed by atoms with van der Waals surface area (Å²) in [5, 5.41) is 6.48. The van der Waals surface area contributed by atoms with Crippen molar-refractivity contribution in [2.75, 3.05) is 32.7 Å². The first-order valence-corrected chi connectivity index (χ1v) is 7.85. The van der Waals surface area contributed by atoms with Gasteiger partial charge in [0.15, 0.2) is 0 Å². The number of carbonyl (C=O) groups is 1. The Kier molecular flexibility index (Phi) is 5.22. The number of nitrogens with zero attached hydrogens (tertiary/aromatic N) is 1. The van der Waals surface area contributed by atoms with E-state index in [0.717, 1.165) is 45.1 Å². The van der Waals surface area contributed by atoms with Crippen LogP contribution in [0.1, 0.15) is 46.0 Å². The maximum absolute atomic E-state index is 12.4. The van der Waals surface area contributed by atoms with Gasteiger partial charge in [0.25, 0.3) is 0 Å². The summed E-state index contributed by atoms with van der Waals surface area (Å²) in [6, 6.07) is 0. The van der Waals surface area contributed by atoms with E-state index in [0.29, 0.717) is 0 Å². The molecule has 0 aromatic heterocycles. The van der Waals surface area contributed by atoms with Crippen LogP contribution in [0.15, 0.2) is 0 Å². The Morgan fingerprint density at radius 2 is 1.89 bits per heavy atom. The number of amides is 1. The minimum atomic E-state index is -0.377. The van der Waals surface area contributed by atoms with Crippen molar-refractivity contribution in [2.45, 2.75) is 51.5 Å². The lowest BCUT2D eigenvalue weighted by atomic mass is 9.99. The average Bonchev–Trinajstić information content (AvgIpc) is 2.93. The number of piperazine rings is 1. The summed E-state index contributed by atoms with van der Waals surface area (Å²) in [7, 11) is 0. The van der Waals surface area contributed by atoms with E-state index in [9.17, 15) is 4.79 Å². The maximum atomic E-state index is 12.4. The molecule has 110 valence electrons. The van der Waals surface area contributed by atoms with Crippen LogP contribution in [0.25, 0.3) is 0 Å². The largest absolute Gasteiger partial charge is 0.354 e. The molecule has 4 nitrogen and oxygen atoms in total. The fourth-order valence-electron chi connectivity index (χ4n) is 3.27. The summed E-state index contributed by atoms with van der Waals surface area (Å²) < 4.78 is 0. The topological polar surface area (TPSA) is 44.4 Å². The van der Waals surface area contributed by atoms with Crippen LogP contribution in [-0.2, 0) is 4.79 Å². The summed E-state index contributed by atoms with van der Waals surface area (Å²) in [4.78, 5) is 14.7. The van der Waals surface area contributed by atoms with E-state index < -0.39 is 0 Å². The number of rotatable bonds is 5. The lowest BCUT2D eigenvalue weighted by Crippen LogP contribution is -2.60. The van der Waals surface area contributed by atoms with Gasteiger partial charge < -0.3 is 10.6 Å². The van der Waals surface area contributed by atoms with Crippen LogP contribution >= 0.6 is 0 Å². The van der Waals surface area contributed by atoms with Crippen molar-refractivity contribution in [3.8, 4) is 0 Å². The Morgan fingerprint density at radius 3 is 2.53 bits per heavy atom. The van der Waals surface area contributed by atoms with Gasteiger partial charge in [-0.2, -0.15) is 0 Å². The van der Waals surface area contributed by atoms with Crippen LogP contribution < -0.4 is 10.6 Å². The smallest absolute Gasteiger partial charge is 0.239 e. The minimum absolute atomic E-state index is 0.187. The molecule has 2 N–H and O–H groups in total. The predicted octanol–water partition coefficient (Wildman–Crippen LogP) is 1.37. The van der Waals surface area contributed by atoms with Gasteiger partial charge in [0.2, 0.25) is 5.91 Å². The highest BCUT2D eigenvalue weighted by Crippen LogP contribution is 2.27. The highest BCUT2D eigenvalue weighted by atomic mass is 16.2. The standard InChI is InChI=1S/C15H29N3O/c1-15(2,18-11-9-16-10-12-18)14(19)17-8-7-13-5-3-4-6-13/h13,16H,3-12H2,1-2H3,(H,17,19). The van der Waals surface area contributed by atoms with Gasteiger partial charge in [0.05, 0.1) is 5.54 Å². The predicted molar refractivity (Wildman–Crippen MR) is 78.1 cm³/mol. The molecule has 1 saturated carbocycles. The summed E-state index contributed by atoms with van der Waals surface area (Å²) >= 11 is 0. The first-order valence-electron chi connectivity index (χ1n) is 7.85. The van der Waals surface area contributed by atoms with Gasteiger partial charge in [0, 0.05) is 32.7 Å². The quantitative estimate of drug-likeness (QED) is 0.791. The van der Waals surface area contributed by atoms with Gasteiger partial charge in [-0.05, 0) is 26.2 Å². The highest BCUT2D eigenvalue weighted by Gasteiger charge is 2.34. The fourth-order valence-corrected chi connectivity index (χ4v) is 3.27. The van der Waals surface area contributed by atoms with Crippen molar-refractivity contribution in [3.05, 3.63) is 0 Å². The van der Waals surface area contributed by atoms with Crippen molar-refractivity contribution in [1.29, 1.82) is 0 Å². The Hall–Kier alpha value is -0.610. The van der Waals surface area contributed by atoms with Crippen LogP contribution in [-0.4, -0.2) is 49.1 Å². The number of carbonyl (C=O) groups excluding carboxylic acids is 1. The van der Waals surface area contributed by atoms with Crippen molar-refractivity contribution < 1.29 is 4.79 Å². The zero-order valence-corrected chi connectivity index (χ0v) is 12.5. The van der Waals surface area contributed by atoms with Crippen LogP contribution in [0, 0.1) is 5.92 Å². The highest BCUT2D eigenvalue weighted by molar-refractivity contribution is 5.85. The third-order valence-corrected chi connectivity index (χ3v) is 4.78. The number of nitrogens with one attached hydrogen (secondary N) is 2. The molecule has 0 bridgehead atoms. The number of hydrogen-bond donors (Lipinski definition) is 2. The van der Waals surface area contributed by atoms with Gasteiger partial charge in [-0.15, -0.1) is 0 Å². The SMILES string of the molecule is CC(C)(C(=O)NCCC1CCCC1)N1CCNCC1. The molecule has 1 amide bonds. The molecular formula is C15H29N3O. The molecule has 19 heavy (non-hydrogen) atoms. The van der Waals surface area contributed by atoms with E-state index >= 15 is 0 Å². The molecule has 1 aliphatic carbocycles. The number of hydrogen-bond acceptors (Lipinski definition) is 3. The molecule has 2 fully saturated rings. The lowest BCUT2D eigenvalue weighted by Gasteiger charge is -2.39. The molecule has 0 radical (unpaired) electrons. The molecule has 0 unspecified atom stereocenters. The normalized spacial score (nSPS) is 22.6. The van der Waals surface area contributed by atoms with Gasteiger partial charge in [-0.1, -0.05) is 25.7 Å². The van der Waals surface area contributed by atoms with E-state index in [1.807, 2.05) is 13.8 Å². The summed E-state index contributed by atoms with van der Waals surface area (Å²) in [5.74, 6) is 1.04. The molecule has 0 spiro atoms. The Balaban J connectivity index is 1.73. The van der Waals surface area contributed by atoms with E-state index in [4.69, 9.17) is 0 Å². The zero-order chi connectivity index (χ0) is 13.7. The Labute approximate surface area is 117 Å². The monoisotopic (exact) mass is 267 g/mol. The van der Waals surface area contributed by atoms with Crippen molar-refractivity contribution in [3.63, 3.8) is 0 Å². The van der Waals surface area contributed by atoms with E-state index in [1.165, 1.54) is 25.7 Å². The molecule has 4 heteroatoms. The Bertz CT molecular complexity index is 292. The second kappa shape index (κ2) is 6.71. The molecule has 1 aliphatic heterocycles. The summed E-state index contributed by atoms with van der Waals surface area (Å²) in [6.07, 6.45) is 6.63. The van der Waals surface area contributed by atoms with Gasteiger partial charge in [0.1, 0.15) is 0 Å². The maximum Gasteiger partial charge on any atom is 0.239 e. The van der Waals surface area contributed by atoms with Gasteiger partial charge in [-0.25, -0.2) is 0 Å². The average molecular weight is 267 g/mol. The molecule has 0 aromatic rings. The fraction of sp³-hybridized carbons (Fsp3) is 0.933. The second-order valence-corrected chi connectivity index (χ2v) is 6.49. The van der Waals surface area contributed by atoms with Crippen LogP contribution in [0.2, 0.25) is 0 Å². The van der Waals surface area contributed by atoms with Crippen molar-refractivity contribution in [2.24, 2.45) is 5.92 Å². The van der Waals surface area contributed by atoms with E-state index in [2.05, 4.69) is 15.5 Å². The summed E-state index contributed by atoms with van der Waals surface area (Å²) in [6.45, 7) is 8.83. The first-order chi connectivity index (χ1) is 9.10.